The number of hydrogen-bond donors (Lipinski definition) is 2. The summed E-state index contributed by atoms with van der Waals surface area (Å²) in [6.45, 7) is 3.75. The summed E-state index contributed by atoms with van der Waals surface area (Å²) in [6, 6.07) is 2.92. The molecule has 0 aliphatic carbocycles. The van der Waals surface area contributed by atoms with E-state index in [4.69, 9.17) is 5.73 Å². The van der Waals surface area contributed by atoms with Crippen LogP contribution in [-0.2, 0) is 4.79 Å². The van der Waals surface area contributed by atoms with Crippen LogP contribution in [0.5, 0.6) is 0 Å². The third-order valence-electron chi connectivity index (χ3n) is 4.34. The number of nitrogens with two attached hydrogens (primary N) is 1. The monoisotopic (exact) mass is 375 g/mol. The van der Waals surface area contributed by atoms with Crippen molar-refractivity contribution in [3.8, 4) is 0 Å². The van der Waals surface area contributed by atoms with Crippen molar-refractivity contribution in [2.24, 2.45) is 17.6 Å². The summed E-state index contributed by atoms with van der Waals surface area (Å²) in [4.78, 5) is 25.9. The molecular formula is C17H24ClF2N3O2. The summed E-state index contributed by atoms with van der Waals surface area (Å²) < 4.78 is 26.6. The molecule has 0 spiro atoms. The highest BCUT2D eigenvalue weighted by Crippen LogP contribution is 2.20. The molecule has 1 aliphatic rings. The van der Waals surface area contributed by atoms with Gasteiger partial charge in [-0.25, -0.2) is 8.78 Å². The minimum absolute atomic E-state index is 0. The molecule has 0 aromatic heterocycles. The molecule has 1 aromatic rings. The van der Waals surface area contributed by atoms with Crippen LogP contribution in [0.1, 0.15) is 30.1 Å². The fourth-order valence-corrected chi connectivity index (χ4v) is 2.68. The SMILES string of the molecule is CC(CN)CNC(=O)C1CCN(C(=O)c2ccc(F)cc2F)CC1.Cl. The topological polar surface area (TPSA) is 75.4 Å². The zero-order valence-electron chi connectivity index (χ0n) is 14.1. The number of rotatable bonds is 5. The summed E-state index contributed by atoms with van der Waals surface area (Å²) in [7, 11) is 0. The summed E-state index contributed by atoms with van der Waals surface area (Å²) in [6.07, 6.45) is 1.05. The van der Waals surface area contributed by atoms with Crippen LogP contribution < -0.4 is 11.1 Å². The number of carbonyl (C=O) groups is 2. The van der Waals surface area contributed by atoms with Crippen LogP contribution in [-0.4, -0.2) is 42.9 Å². The van der Waals surface area contributed by atoms with Gasteiger partial charge in [0.2, 0.25) is 5.91 Å². The van der Waals surface area contributed by atoms with E-state index in [0.29, 0.717) is 45.1 Å². The van der Waals surface area contributed by atoms with E-state index < -0.39 is 17.5 Å². The molecule has 1 atom stereocenters. The molecule has 1 fully saturated rings. The van der Waals surface area contributed by atoms with Crippen LogP contribution in [0.15, 0.2) is 18.2 Å². The Morgan fingerprint density at radius 3 is 2.52 bits per heavy atom. The molecule has 0 radical (unpaired) electrons. The lowest BCUT2D eigenvalue weighted by molar-refractivity contribution is -0.126. The Morgan fingerprint density at radius 1 is 1.32 bits per heavy atom. The van der Waals surface area contributed by atoms with Crippen molar-refractivity contribution in [1.82, 2.24) is 10.2 Å². The van der Waals surface area contributed by atoms with E-state index in [1.165, 1.54) is 4.90 Å². The quantitative estimate of drug-likeness (QED) is 0.826. The second kappa shape index (κ2) is 9.68. The summed E-state index contributed by atoms with van der Waals surface area (Å²) in [5.41, 5.74) is 5.37. The lowest BCUT2D eigenvalue weighted by Gasteiger charge is -2.31. The van der Waals surface area contributed by atoms with E-state index in [1.54, 1.807) is 0 Å². The van der Waals surface area contributed by atoms with Gasteiger partial charge >= 0.3 is 0 Å². The van der Waals surface area contributed by atoms with Crippen molar-refractivity contribution in [2.45, 2.75) is 19.8 Å². The van der Waals surface area contributed by atoms with Gasteiger partial charge in [-0.15, -0.1) is 12.4 Å². The van der Waals surface area contributed by atoms with Gasteiger partial charge in [0.05, 0.1) is 5.56 Å². The van der Waals surface area contributed by atoms with Crippen molar-refractivity contribution in [3.05, 3.63) is 35.4 Å². The molecule has 2 amide bonds. The maximum absolute atomic E-state index is 13.7. The smallest absolute Gasteiger partial charge is 0.256 e. The van der Waals surface area contributed by atoms with E-state index in [0.717, 1.165) is 12.1 Å². The van der Waals surface area contributed by atoms with Crippen molar-refractivity contribution in [3.63, 3.8) is 0 Å². The normalized spacial score (nSPS) is 16.1. The number of halogens is 3. The van der Waals surface area contributed by atoms with Crippen molar-refractivity contribution < 1.29 is 18.4 Å². The zero-order valence-corrected chi connectivity index (χ0v) is 15.0. The lowest BCUT2D eigenvalue weighted by Crippen LogP contribution is -2.44. The lowest BCUT2D eigenvalue weighted by atomic mass is 9.95. The molecular weight excluding hydrogens is 352 g/mol. The number of likely N-dealkylation sites (tertiary alicyclic amines) is 1. The Morgan fingerprint density at radius 2 is 1.96 bits per heavy atom. The highest BCUT2D eigenvalue weighted by atomic mass is 35.5. The molecule has 1 aliphatic heterocycles. The van der Waals surface area contributed by atoms with Gasteiger partial charge in [-0.05, 0) is 37.4 Å². The van der Waals surface area contributed by atoms with E-state index in [1.807, 2.05) is 6.92 Å². The van der Waals surface area contributed by atoms with Crippen LogP contribution >= 0.6 is 12.4 Å². The van der Waals surface area contributed by atoms with Crippen molar-refractivity contribution in [1.29, 1.82) is 0 Å². The maximum Gasteiger partial charge on any atom is 0.256 e. The van der Waals surface area contributed by atoms with Gasteiger partial charge in [0, 0.05) is 31.6 Å². The molecule has 1 saturated heterocycles. The molecule has 8 heteroatoms. The fraction of sp³-hybridized carbons (Fsp3) is 0.529. The Hall–Kier alpha value is -1.73. The number of hydrogen-bond acceptors (Lipinski definition) is 3. The molecule has 5 nitrogen and oxygen atoms in total. The Labute approximate surface area is 152 Å². The third-order valence-corrected chi connectivity index (χ3v) is 4.34. The van der Waals surface area contributed by atoms with Gasteiger partial charge in [0.1, 0.15) is 11.6 Å². The van der Waals surface area contributed by atoms with Gasteiger partial charge in [-0.3, -0.25) is 9.59 Å². The highest BCUT2D eigenvalue weighted by molar-refractivity contribution is 5.94. The molecule has 1 aromatic carbocycles. The number of carbonyl (C=O) groups excluding carboxylic acids is 2. The van der Waals surface area contributed by atoms with E-state index in [9.17, 15) is 18.4 Å². The first kappa shape index (κ1) is 21.3. The van der Waals surface area contributed by atoms with Gasteiger partial charge in [-0.2, -0.15) is 0 Å². The molecule has 3 N–H and O–H groups in total. The van der Waals surface area contributed by atoms with Crippen LogP contribution in [0.2, 0.25) is 0 Å². The average Bonchev–Trinajstić information content (AvgIpc) is 2.59. The Balaban J connectivity index is 0.00000312. The zero-order chi connectivity index (χ0) is 17.7. The van der Waals surface area contributed by atoms with Crippen molar-refractivity contribution in [2.75, 3.05) is 26.2 Å². The van der Waals surface area contributed by atoms with Gasteiger partial charge < -0.3 is 16.0 Å². The van der Waals surface area contributed by atoms with Gasteiger partial charge in [0.25, 0.3) is 5.91 Å². The number of piperidine rings is 1. The summed E-state index contributed by atoms with van der Waals surface area (Å²) in [5.74, 6) is -2.02. The van der Waals surface area contributed by atoms with E-state index in [-0.39, 0.29) is 35.7 Å². The molecule has 2 rings (SSSR count). The largest absolute Gasteiger partial charge is 0.356 e. The molecule has 1 heterocycles. The summed E-state index contributed by atoms with van der Waals surface area (Å²) in [5, 5.41) is 2.87. The van der Waals surface area contributed by atoms with Gasteiger partial charge in [0.15, 0.2) is 0 Å². The maximum atomic E-state index is 13.7. The van der Waals surface area contributed by atoms with Crippen LogP contribution in [0.4, 0.5) is 8.78 Å². The molecule has 0 bridgehead atoms. The molecule has 0 saturated carbocycles. The molecule has 1 unspecified atom stereocenters. The van der Waals surface area contributed by atoms with E-state index >= 15 is 0 Å². The first-order valence-corrected chi connectivity index (χ1v) is 8.14. The number of benzene rings is 1. The predicted molar refractivity (Wildman–Crippen MR) is 93.5 cm³/mol. The first-order valence-electron chi connectivity index (χ1n) is 8.14. The standard InChI is InChI=1S/C17H23F2N3O2.ClH/c1-11(9-20)10-21-16(23)12-4-6-22(7-5-12)17(24)14-3-2-13(18)8-15(14)19;/h2-3,8,11-12H,4-7,9-10,20H2,1H3,(H,21,23);1H. The number of nitrogens with zero attached hydrogens (tertiary/aromatic N) is 1. The van der Waals surface area contributed by atoms with Crippen molar-refractivity contribution >= 4 is 24.2 Å². The second-order valence-corrected chi connectivity index (χ2v) is 6.28. The number of amides is 2. The predicted octanol–water partition coefficient (Wildman–Crippen LogP) is 1.95. The Bertz CT molecular complexity index is 608. The van der Waals surface area contributed by atoms with Crippen LogP contribution in [0.3, 0.4) is 0 Å². The average molecular weight is 376 g/mol. The molecule has 25 heavy (non-hydrogen) atoms. The first-order chi connectivity index (χ1) is 11.4. The van der Waals surface area contributed by atoms with Crippen LogP contribution in [0.25, 0.3) is 0 Å². The minimum atomic E-state index is -0.865. The highest BCUT2D eigenvalue weighted by Gasteiger charge is 2.28. The van der Waals surface area contributed by atoms with Gasteiger partial charge in [-0.1, -0.05) is 6.92 Å². The fourth-order valence-electron chi connectivity index (χ4n) is 2.68. The number of nitrogens with one attached hydrogen (secondary N) is 1. The second-order valence-electron chi connectivity index (χ2n) is 6.28. The van der Waals surface area contributed by atoms with E-state index in [2.05, 4.69) is 5.32 Å². The molecule has 140 valence electrons. The third kappa shape index (κ3) is 5.64. The van der Waals surface area contributed by atoms with Crippen LogP contribution in [0, 0.1) is 23.5 Å². The summed E-state index contributed by atoms with van der Waals surface area (Å²) >= 11 is 0. The Kier molecular flexibility index (Phi) is 8.25. The minimum Gasteiger partial charge on any atom is -0.356 e.